The number of nitrogens with zero attached hydrogens (tertiary/aromatic N) is 3. The van der Waals surface area contributed by atoms with Gasteiger partial charge in [-0.2, -0.15) is 0 Å². The summed E-state index contributed by atoms with van der Waals surface area (Å²) in [6.45, 7) is 4.22. The van der Waals surface area contributed by atoms with Gasteiger partial charge in [-0.3, -0.25) is 4.90 Å². The maximum Gasteiger partial charge on any atom is 0.168 e. The Morgan fingerprint density at radius 1 is 1.44 bits per heavy atom. The molecular formula is C13H22N4O. The van der Waals surface area contributed by atoms with Crippen molar-refractivity contribution in [1.29, 1.82) is 0 Å². The lowest BCUT2D eigenvalue weighted by atomic mass is 10.2. The fraction of sp³-hybridized carbons (Fsp3) is 0.615. The Hall–Kier alpha value is -1.33. The third kappa shape index (κ3) is 3.11. The fourth-order valence-corrected chi connectivity index (χ4v) is 2.22. The van der Waals surface area contributed by atoms with Crippen molar-refractivity contribution in [2.24, 2.45) is 0 Å². The van der Waals surface area contributed by atoms with Gasteiger partial charge >= 0.3 is 0 Å². The summed E-state index contributed by atoms with van der Waals surface area (Å²) in [5, 5.41) is 3.38. The predicted octanol–water partition coefficient (Wildman–Crippen LogP) is 0.748. The monoisotopic (exact) mass is 250 g/mol. The molecule has 0 saturated carbocycles. The number of likely N-dealkylation sites (N-methyl/N-ethyl adjacent to an activating group) is 2. The van der Waals surface area contributed by atoms with Crippen LogP contribution in [0.2, 0.25) is 0 Å². The summed E-state index contributed by atoms with van der Waals surface area (Å²) in [5.41, 5.74) is 0. The van der Waals surface area contributed by atoms with Crippen molar-refractivity contribution in [3.8, 4) is 5.75 Å². The average molecular weight is 250 g/mol. The molecule has 1 aromatic heterocycles. The molecule has 1 unspecified atom stereocenters. The van der Waals surface area contributed by atoms with Crippen LogP contribution in [-0.2, 0) is 0 Å². The molecule has 5 heteroatoms. The molecular weight excluding hydrogens is 228 g/mol. The number of methoxy groups -OCH3 is 1. The molecule has 18 heavy (non-hydrogen) atoms. The van der Waals surface area contributed by atoms with E-state index in [1.807, 2.05) is 12.1 Å². The first kappa shape index (κ1) is 13.1. The summed E-state index contributed by atoms with van der Waals surface area (Å²) < 4.78 is 5.28. The molecule has 5 nitrogen and oxygen atoms in total. The standard InChI is InChI=1S/C13H22N4O/c1-16-7-8-17(2)11(10-16)9-15-13-12(18-3)5-4-6-14-13/h4-6,11H,7-10H2,1-3H3,(H,14,15). The van der Waals surface area contributed by atoms with Crippen LogP contribution >= 0.6 is 0 Å². The second-order valence-electron chi connectivity index (χ2n) is 4.83. The van der Waals surface area contributed by atoms with Gasteiger partial charge in [0.25, 0.3) is 0 Å². The predicted molar refractivity (Wildman–Crippen MR) is 73.2 cm³/mol. The van der Waals surface area contributed by atoms with E-state index in [0.717, 1.165) is 37.7 Å². The Kier molecular flexibility index (Phi) is 4.38. The maximum absolute atomic E-state index is 5.28. The van der Waals surface area contributed by atoms with E-state index < -0.39 is 0 Å². The number of piperazine rings is 1. The minimum Gasteiger partial charge on any atom is -0.493 e. The van der Waals surface area contributed by atoms with Crippen LogP contribution in [0.25, 0.3) is 0 Å². The molecule has 1 aliphatic heterocycles. The van der Waals surface area contributed by atoms with E-state index in [-0.39, 0.29) is 0 Å². The van der Waals surface area contributed by atoms with Crippen LogP contribution < -0.4 is 10.1 Å². The third-order valence-corrected chi connectivity index (χ3v) is 3.48. The van der Waals surface area contributed by atoms with E-state index in [2.05, 4.69) is 34.2 Å². The topological polar surface area (TPSA) is 40.6 Å². The van der Waals surface area contributed by atoms with E-state index in [1.165, 1.54) is 0 Å². The van der Waals surface area contributed by atoms with Gasteiger partial charge in [0.05, 0.1) is 7.11 Å². The van der Waals surface area contributed by atoms with Gasteiger partial charge < -0.3 is 15.0 Å². The highest BCUT2D eigenvalue weighted by atomic mass is 16.5. The quantitative estimate of drug-likeness (QED) is 0.854. The van der Waals surface area contributed by atoms with Gasteiger partial charge in [0.15, 0.2) is 11.6 Å². The van der Waals surface area contributed by atoms with E-state index >= 15 is 0 Å². The third-order valence-electron chi connectivity index (χ3n) is 3.48. The number of rotatable bonds is 4. The summed E-state index contributed by atoms with van der Waals surface area (Å²) in [5.74, 6) is 1.62. The SMILES string of the molecule is COc1cccnc1NCC1CN(C)CCN1C. The Bertz CT molecular complexity index is 385. The molecule has 0 amide bonds. The molecule has 0 radical (unpaired) electrons. The van der Waals surface area contributed by atoms with E-state index in [4.69, 9.17) is 4.74 Å². The molecule has 2 heterocycles. The Morgan fingerprint density at radius 2 is 2.28 bits per heavy atom. The van der Waals surface area contributed by atoms with Gasteiger partial charge in [0.1, 0.15) is 0 Å². The van der Waals surface area contributed by atoms with Gasteiger partial charge in [0.2, 0.25) is 0 Å². The van der Waals surface area contributed by atoms with Crippen molar-refractivity contribution >= 4 is 5.82 Å². The minimum absolute atomic E-state index is 0.510. The Labute approximate surface area is 109 Å². The van der Waals surface area contributed by atoms with Gasteiger partial charge in [-0.25, -0.2) is 4.98 Å². The molecule has 2 rings (SSSR count). The zero-order valence-corrected chi connectivity index (χ0v) is 11.4. The lowest BCUT2D eigenvalue weighted by Gasteiger charge is -2.37. The minimum atomic E-state index is 0.510. The van der Waals surface area contributed by atoms with Crippen LogP contribution in [0.3, 0.4) is 0 Å². The van der Waals surface area contributed by atoms with Crippen molar-refractivity contribution in [2.45, 2.75) is 6.04 Å². The summed E-state index contributed by atoms with van der Waals surface area (Å²) in [6, 6.07) is 4.31. The molecule has 0 spiro atoms. The van der Waals surface area contributed by atoms with Crippen LogP contribution in [0.1, 0.15) is 0 Å². The zero-order valence-electron chi connectivity index (χ0n) is 11.4. The first-order valence-electron chi connectivity index (χ1n) is 6.32. The van der Waals surface area contributed by atoms with Crippen LogP contribution in [0.5, 0.6) is 5.75 Å². The molecule has 1 aliphatic rings. The second kappa shape index (κ2) is 6.02. The van der Waals surface area contributed by atoms with E-state index in [0.29, 0.717) is 6.04 Å². The van der Waals surface area contributed by atoms with Crippen LogP contribution in [0, 0.1) is 0 Å². The van der Waals surface area contributed by atoms with Gasteiger partial charge in [-0.15, -0.1) is 0 Å². The van der Waals surface area contributed by atoms with E-state index in [9.17, 15) is 0 Å². The Morgan fingerprint density at radius 3 is 3.06 bits per heavy atom. The lowest BCUT2D eigenvalue weighted by Crippen LogP contribution is -2.52. The second-order valence-corrected chi connectivity index (χ2v) is 4.83. The van der Waals surface area contributed by atoms with Gasteiger partial charge in [0, 0.05) is 38.4 Å². The molecule has 0 bridgehead atoms. The van der Waals surface area contributed by atoms with Crippen molar-refractivity contribution in [2.75, 3.05) is 52.7 Å². The molecule has 1 aromatic rings. The molecule has 1 atom stereocenters. The van der Waals surface area contributed by atoms with Crippen LogP contribution in [0.15, 0.2) is 18.3 Å². The number of nitrogens with one attached hydrogen (secondary N) is 1. The molecule has 0 aliphatic carbocycles. The lowest BCUT2D eigenvalue weighted by molar-refractivity contribution is 0.121. The fourth-order valence-electron chi connectivity index (χ4n) is 2.22. The molecule has 1 saturated heterocycles. The highest BCUT2D eigenvalue weighted by Gasteiger charge is 2.22. The summed E-state index contributed by atoms with van der Waals surface area (Å²) in [6.07, 6.45) is 1.78. The molecule has 0 aromatic carbocycles. The van der Waals surface area contributed by atoms with Crippen molar-refractivity contribution in [3.05, 3.63) is 18.3 Å². The van der Waals surface area contributed by atoms with Crippen LogP contribution in [-0.4, -0.2) is 68.2 Å². The average Bonchev–Trinajstić information content (AvgIpc) is 2.40. The highest BCUT2D eigenvalue weighted by Crippen LogP contribution is 2.20. The van der Waals surface area contributed by atoms with Gasteiger partial charge in [-0.1, -0.05) is 0 Å². The number of anilines is 1. The number of hydrogen-bond acceptors (Lipinski definition) is 5. The Balaban J connectivity index is 1.94. The van der Waals surface area contributed by atoms with E-state index in [1.54, 1.807) is 13.3 Å². The molecule has 1 N–H and O–H groups in total. The largest absolute Gasteiger partial charge is 0.493 e. The smallest absolute Gasteiger partial charge is 0.168 e. The number of hydrogen-bond donors (Lipinski definition) is 1. The van der Waals surface area contributed by atoms with Crippen molar-refractivity contribution < 1.29 is 4.74 Å². The van der Waals surface area contributed by atoms with Crippen LogP contribution in [0.4, 0.5) is 5.82 Å². The zero-order chi connectivity index (χ0) is 13.0. The normalized spacial score (nSPS) is 21.8. The molecule has 1 fully saturated rings. The molecule has 100 valence electrons. The maximum atomic E-state index is 5.28. The summed E-state index contributed by atoms with van der Waals surface area (Å²) >= 11 is 0. The van der Waals surface area contributed by atoms with Gasteiger partial charge in [-0.05, 0) is 26.2 Å². The van der Waals surface area contributed by atoms with Crippen molar-refractivity contribution in [3.63, 3.8) is 0 Å². The van der Waals surface area contributed by atoms with Crippen molar-refractivity contribution in [1.82, 2.24) is 14.8 Å². The highest BCUT2D eigenvalue weighted by molar-refractivity contribution is 5.49. The number of pyridine rings is 1. The number of aromatic nitrogens is 1. The number of ether oxygens (including phenoxy) is 1. The summed E-state index contributed by atoms with van der Waals surface area (Å²) in [4.78, 5) is 9.06. The first-order valence-corrected chi connectivity index (χ1v) is 6.32. The summed E-state index contributed by atoms with van der Waals surface area (Å²) in [7, 11) is 6.01. The first-order chi connectivity index (χ1) is 8.70.